The number of nitrogens with one attached hydrogen (secondary N) is 2. The fraction of sp³-hybridized carbons (Fsp3) is 0.0714. The van der Waals surface area contributed by atoms with Gasteiger partial charge in [0.1, 0.15) is 17.2 Å². The van der Waals surface area contributed by atoms with Crippen LogP contribution in [0.2, 0.25) is 0 Å². The number of imide groups is 1. The number of alkyl halides is 3. The fourth-order valence-electron chi connectivity index (χ4n) is 1.71. The molecule has 0 aliphatic rings. The van der Waals surface area contributed by atoms with Gasteiger partial charge in [0, 0.05) is 6.20 Å². The molecule has 0 bridgehead atoms. The summed E-state index contributed by atoms with van der Waals surface area (Å²) >= 11 is 0. The second-order valence-electron chi connectivity index (χ2n) is 4.46. The van der Waals surface area contributed by atoms with Crippen molar-refractivity contribution in [2.75, 3.05) is 5.32 Å². The van der Waals surface area contributed by atoms with Gasteiger partial charge in [-0.15, -0.1) is 0 Å². The molecule has 0 atom stereocenters. The van der Waals surface area contributed by atoms with Crippen molar-refractivity contribution in [2.24, 2.45) is 0 Å². The summed E-state index contributed by atoms with van der Waals surface area (Å²) in [6.45, 7) is 0. The van der Waals surface area contributed by atoms with Crippen molar-refractivity contribution in [1.82, 2.24) is 10.3 Å². The van der Waals surface area contributed by atoms with Crippen molar-refractivity contribution in [1.29, 1.82) is 0 Å². The average molecular weight is 345 g/mol. The lowest BCUT2D eigenvalue weighted by atomic mass is 10.2. The summed E-state index contributed by atoms with van der Waals surface area (Å²) in [6, 6.07) is 1.96. The molecule has 0 radical (unpaired) electrons. The molecule has 2 rings (SSSR count). The van der Waals surface area contributed by atoms with Gasteiger partial charge in [-0.05, 0) is 18.2 Å². The lowest BCUT2D eigenvalue weighted by molar-refractivity contribution is -0.137. The summed E-state index contributed by atoms with van der Waals surface area (Å²) in [5, 5.41) is 3.52. The molecule has 10 heteroatoms. The van der Waals surface area contributed by atoms with Crippen molar-refractivity contribution in [2.45, 2.75) is 6.18 Å². The number of halogens is 5. The standard InChI is InChI=1S/C14H8F5N3O2/c15-9-2-1-3-10(16)11(9)12(23)22-13(24)21-8-4-7(5-20-6-8)14(17,18)19/h1-6H,(H2,21,22,23,24). The smallest absolute Gasteiger partial charge is 0.306 e. The zero-order valence-electron chi connectivity index (χ0n) is 11.6. The molecule has 5 nitrogen and oxygen atoms in total. The van der Waals surface area contributed by atoms with Gasteiger partial charge >= 0.3 is 12.2 Å². The van der Waals surface area contributed by atoms with E-state index < -0.39 is 40.9 Å². The minimum absolute atomic E-state index is 0.357. The van der Waals surface area contributed by atoms with Gasteiger partial charge in [-0.3, -0.25) is 15.1 Å². The van der Waals surface area contributed by atoms with Crippen molar-refractivity contribution in [3.63, 3.8) is 0 Å². The monoisotopic (exact) mass is 345 g/mol. The van der Waals surface area contributed by atoms with E-state index in [1.54, 1.807) is 5.32 Å². The van der Waals surface area contributed by atoms with Crippen LogP contribution in [0.4, 0.5) is 32.4 Å². The first-order valence-corrected chi connectivity index (χ1v) is 6.27. The number of amides is 3. The number of carbonyl (C=O) groups is 2. The number of rotatable bonds is 2. The summed E-state index contributed by atoms with van der Waals surface area (Å²) in [5.74, 6) is -3.77. The molecule has 0 spiro atoms. The van der Waals surface area contributed by atoms with Crippen LogP contribution in [0.25, 0.3) is 0 Å². The third-order valence-electron chi connectivity index (χ3n) is 2.74. The van der Waals surface area contributed by atoms with E-state index >= 15 is 0 Å². The highest BCUT2D eigenvalue weighted by atomic mass is 19.4. The molecule has 0 aliphatic carbocycles. The Morgan fingerprint density at radius 1 is 1.04 bits per heavy atom. The second kappa shape index (κ2) is 6.60. The van der Waals surface area contributed by atoms with Gasteiger partial charge < -0.3 is 5.32 Å². The number of carbonyl (C=O) groups excluding carboxylic acids is 2. The predicted molar refractivity (Wildman–Crippen MR) is 72.1 cm³/mol. The summed E-state index contributed by atoms with van der Waals surface area (Å²) in [4.78, 5) is 26.6. The van der Waals surface area contributed by atoms with Gasteiger partial charge in [0.25, 0.3) is 5.91 Å². The first-order valence-electron chi connectivity index (χ1n) is 6.27. The van der Waals surface area contributed by atoms with E-state index in [1.165, 1.54) is 0 Å². The predicted octanol–water partition coefficient (Wildman–Crippen LogP) is 3.34. The molecule has 24 heavy (non-hydrogen) atoms. The van der Waals surface area contributed by atoms with Crippen LogP contribution in [0.1, 0.15) is 15.9 Å². The highest BCUT2D eigenvalue weighted by Crippen LogP contribution is 2.29. The lowest BCUT2D eigenvalue weighted by Gasteiger charge is -2.10. The topological polar surface area (TPSA) is 71.1 Å². The Hall–Kier alpha value is -3.04. The first kappa shape index (κ1) is 17.3. The highest BCUT2D eigenvalue weighted by Gasteiger charge is 2.31. The van der Waals surface area contributed by atoms with Gasteiger partial charge in [0.05, 0.1) is 17.4 Å². The van der Waals surface area contributed by atoms with Crippen LogP contribution < -0.4 is 10.6 Å². The second-order valence-corrected chi connectivity index (χ2v) is 4.46. The lowest BCUT2D eigenvalue weighted by Crippen LogP contribution is -2.35. The van der Waals surface area contributed by atoms with E-state index in [0.29, 0.717) is 12.3 Å². The molecule has 1 aromatic carbocycles. The Morgan fingerprint density at radius 2 is 1.67 bits per heavy atom. The maximum atomic E-state index is 13.4. The Labute approximate surface area is 131 Å². The molecule has 0 saturated carbocycles. The normalized spacial score (nSPS) is 11.0. The number of pyridine rings is 1. The van der Waals surface area contributed by atoms with Gasteiger partial charge in [0.2, 0.25) is 0 Å². The molecule has 2 aromatic rings. The van der Waals surface area contributed by atoms with E-state index in [9.17, 15) is 31.5 Å². The molecule has 1 heterocycles. The zero-order valence-corrected chi connectivity index (χ0v) is 11.6. The number of aromatic nitrogens is 1. The van der Waals surface area contributed by atoms with Crippen molar-refractivity contribution in [3.8, 4) is 0 Å². The SMILES string of the molecule is O=C(NC(=O)c1c(F)cccc1F)Nc1cncc(C(F)(F)F)c1. The molecular weight excluding hydrogens is 337 g/mol. The largest absolute Gasteiger partial charge is 0.417 e. The molecular formula is C14H8F5N3O2. The molecule has 1 aromatic heterocycles. The van der Waals surface area contributed by atoms with Crippen LogP contribution in [0, 0.1) is 11.6 Å². The summed E-state index contributed by atoms with van der Waals surface area (Å²) in [7, 11) is 0. The number of hydrogen-bond donors (Lipinski definition) is 2. The molecule has 3 amide bonds. The highest BCUT2D eigenvalue weighted by molar-refractivity contribution is 6.08. The van der Waals surface area contributed by atoms with Crippen LogP contribution in [-0.4, -0.2) is 16.9 Å². The van der Waals surface area contributed by atoms with E-state index in [2.05, 4.69) is 4.98 Å². The number of hydrogen-bond acceptors (Lipinski definition) is 3. The van der Waals surface area contributed by atoms with Crippen molar-refractivity contribution < 1.29 is 31.5 Å². The van der Waals surface area contributed by atoms with Crippen LogP contribution in [0.3, 0.4) is 0 Å². The minimum Gasteiger partial charge on any atom is -0.306 e. The minimum atomic E-state index is -4.67. The summed E-state index contributed by atoms with van der Waals surface area (Å²) < 4.78 is 64.3. The van der Waals surface area contributed by atoms with E-state index in [-0.39, 0.29) is 5.69 Å². The number of urea groups is 1. The Bertz CT molecular complexity index is 772. The van der Waals surface area contributed by atoms with Crippen LogP contribution in [0.5, 0.6) is 0 Å². The fourth-order valence-corrected chi connectivity index (χ4v) is 1.71. The average Bonchev–Trinajstić information content (AvgIpc) is 2.46. The number of nitrogens with zero attached hydrogens (tertiary/aromatic N) is 1. The van der Waals surface area contributed by atoms with Crippen LogP contribution >= 0.6 is 0 Å². The maximum Gasteiger partial charge on any atom is 0.417 e. The number of anilines is 1. The third-order valence-corrected chi connectivity index (χ3v) is 2.74. The van der Waals surface area contributed by atoms with Crippen molar-refractivity contribution in [3.05, 3.63) is 59.4 Å². The summed E-state index contributed by atoms with van der Waals surface area (Å²) in [6.07, 6.45) is -3.22. The van der Waals surface area contributed by atoms with Crippen LogP contribution in [0.15, 0.2) is 36.7 Å². The Morgan fingerprint density at radius 3 is 2.25 bits per heavy atom. The Kier molecular flexibility index (Phi) is 4.77. The van der Waals surface area contributed by atoms with Crippen LogP contribution in [-0.2, 0) is 6.18 Å². The molecule has 0 unspecified atom stereocenters. The van der Waals surface area contributed by atoms with E-state index in [0.717, 1.165) is 24.4 Å². The molecule has 0 aliphatic heterocycles. The summed E-state index contributed by atoms with van der Waals surface area (Å²) in [5.41, 5.74) is -2.47. The van der Waals surface area contributed by atoms with Gasteiger partial charge in [-0.1, -0.05) is 6.07 Å². The first-order chi connectivity index (χ1) is 11.2. The Balaban J connectivity index is 2.10. The molecule has 0 saturated heterocycles. The number of benzene rings is 1. The molecule has 2 N–H and O–H groups in total. The molecule has 126 valence electrons. The van der Waals surface area contributed by atoms with E-state index in [4.69, 9.17) is 0 Å². The molecule has 0 fully saturated rings. The zero-order chi connectivity index (χ0) is 17.9. The van der Waals surface area contributed by atoms with E-state index in [1.807, 2.05) is 5.32 Å². The maximum absolute atomic E-state index is 13.4. The quantitative estimate of drug-likeness (QED) is 0.820. The van der Waals surface area contributed by atoms with Crippen molar-refractivity contribution >= 4 is 17.6 Å². The third kappa shape index (κ3) is 4.03. The van der Waals surface area contributed by atoms with Gasteiger partial charge in [0.15, 0.2) is 0 Å². The van der Waals surface area contributed by atoms with Gasteiger partial charge in [-0.2, -0.15) is 13.2 Å². The van der Waals surface area contributed by atoms with Gasteiger partial charge in [-0.25, -0.2) is 13.6 Å².